The van der Waals surface area contributed by atoms with E-state index in [0.29, 0.717) is 59.9 Å². The normalized spacial score (nSPS) is 13.7. The fourth-order valence-electron chi connectivity index (χ4n) is 4.64. The quantitative estimate of drug-likeness (QED) is 0.118. The molecule has 1 heterocycles. The maximum Gasteiger partial charge on any atom is 0.415 e. The van der Waals surface area contributed by atoms with E-state index in [4.69, 9.17) is 32.7 Å². The Bertz CT molecular complexity index is 1670. The molecule has 0 aliphatic carbocycles. The van der Waals surface area contributed by atoms with Crippen LogP contribution >= 0.6 is 23.2 Å². The molecule has 252 valence electrons. The molecule has 1 amide bonds. The number of aliphatic carboxylic acids is 2. The lowest BCUT2D eigenvalue weighted by molar-refractivity contribution is -0.138. The lowest BCUT2D eigenvalue weighted by Crippen LogP contribution is -2.42. The van der Waals surface area contributed by atoms with Crippen molar-refractivity contribution in [2.45, 2.75) is 24.9 Å². The summed E-state index contributed by atoms with van der Waals surface area (Å²) in [6.07, 6.45) is 0.124. The topological polar surface area (TPSA) is 158 Å². The first-order valence-corrected chi connectivity index (χ1v) is 15.7. The monoisotopic (exact) mass is 695 g/mol. The van der Waals surface area contributed by atoms with E-state index < -0.39 is 30.1 Å². The van der Waals surface area contributed by atoms with Gasteiger partial charge in [0.2, 0.25) is 0 Å². The molecule has 13 heteroatoms. The van der Waals surface area contributed by atoms with Gasteiger partial charge in [-0.15, -0.1) is 0 Å². The van der Waals surface area contributed by atoms with Crippen LogP contribution in [-0.2, 0) is 27.2 Å². The number of hydrogen-bond acceptors (Lipinski definition) is 8. The molecule has 5 rings (SSSR count). The smallest absolute Gasteiger partial charge is 0.415 e. The highest BCUT2D eigenvalue weighted by Gasteiger charge is 2.21. The van der Waals surface area contributed by atoms with Crippen molar-refractivity contribution >= 4 is 52.6 Å². The minimum absolute atomic E-state index is 0.152. The number of para-hydroxylation sites is 2. The number of rotatable bonds is 11. The molecular weight excluding hydrogens is 661 g/mol. The Balaban J connectivity index is 0.000000229. The number of carboxylic acids is 2. The van der Waals surface area contributed by atoms with Crippen molar-refractivity contribution in [3.63, 3.8) is 0 Å². The second kappa shape index (κ2) is 17.8. The van der Waals surface area contributed by atoms with Crippen LogP contribution < -0.4 is 15.4 Å². The van der Waals surface area contributed by atoms with Gasteiger partial charge in [-0.2, -0.15) is 0 Å². The molecule has 2 unspecified atom stereocenters. The number of carboxylic acid groups (broad SMARTS) is 2. The molecule has 0 aromatic heterocycles. The van der Waals surface area contributed by atoms with E-state index in [1.807, 2.05) is 0 Å². The number of benzene rings is 4. The van der Waals surface area contributed by atoms with Crippen LogP contribution in [0.5, 0.6) is 11.5 Å². The number of amides is 1. The van der Waals surface area contributed by atoms with Gasteiger partial charge in [-0.3, -0.25) is 0 Å². The van der Waals surface area contributed by atoms with Crippen molar-refractivity contribution in [3.05, 3.63) is 118 Å². The summed E-state index contributed by atoms with van der Waals surface area (Å²) >= 11 is 12.1. The van der Waals surface area contributed by atoms with E-state index in [0.717, 1.165) is 11.1 Å². The zero-order valence-electron chi connectivity index (χ0n) is 25.7. The average molecular weight is 697 g/mol. The van der Waals surface area contributed by atoms with Gasteiger partial charge in [0.05, 0.1) is 34.6 Å². The van der Waals surface area contributed by atoms with Crippen LogP contribution in [0.4, 0.5) is 16.2 Å². The van der Waals surface area contributed by atoms with E-state index in [9.17, 15) is 29.7 Å². The van der Waals surface area contributed by atoms with Crippen LogP contribution in [0.25, 0.3) is 0 Å². The van der Waals surface area contributed by atoms with Gasteiger partial charge in [0.25, 0.3) is 0 Å². The van der Waals surface area contributed by atoms with Gasteiger partial charge in [0, 0.05) is 25.9 Å². The predicted octanol–water partition coefficient (Wildman–Crippen LogP) is 6.43. The Labute approximate surface area is 287 Å². The number of morpholine rings is 1. The van der Waals surface area contributed by atoms with Crippen molar-refractivity contribution in [1.29, 1.82) is 0 Å². The summed E-state index contributed by atoms with van der Waals surface area (Å²) in [7, 11) is 0. The van der Waals surface area contributed by atoms with Crippen LogP contribution in [0.2, 0.25) is 10.0 Å². The molecule has 1 aliphatic heterocycles. The first-order valence-electron chi connectivity index (χ1n) is 15.0. The largest absolute Gasteiger partial charge is 0.508 e. The lowest BCUT2D eigenvalue weighted by Gasteiger charge is -2.25. The van der Waals surface area contributed by atoms with Gasteiger partial charge in [-0.05, 0) is 59.7 Å². The average Bonchev–Trinajstić information content (AvgIpc) is 3.08. The Morgan fingerprint density at radius 3 is 1.58 bits per heavy atom. The summed E-state index contributed by atoms with van der Waals surface area (Å²) in [5, 5.41) is 34.8. The molecule has 5 N–H and O–H groups in total. The number of aromatic hydroxyl groups is 1. The van der Waals surface area contributed by atoms with Gasteiger partial charge in [0.15, 0.2) is 0 Å². The number of carbonyl (C=O) groups excluding carboxylic acids is 1. The summed E-state index contributed by atoms with van der Waals surface area (Å²) in [6.45, 7) is 2.02. The van der Waals surface area contributed by atoms with Gasteiger partial charge in [0.1, 0.15) is 23.6 Å². The van der Waals surface area contributed by atoms with E-state index in [1.54, 1.807) is 89.8 Å². The van der Waals surface area contributed by atoms with E-state index in [1.165, 1.54) is 12.1 Å². The highest BCUT2D eigenvalue weighted by atomic mass is 35.5. The fraction of sp³-hybridized carbons (Fsp3) is 0.229. The third-order valence-corrected chi connectivity index (χ3v) is 7.88. The Morgan fingerprint density at radius 2 is 1.15 bits per heavy atom. The maximum atomic E-state index is 12.1. The summed E-state index contributed by atoms with van der Waals surface area (Å²) in [5.74, 6) is -1.38. The zero-order chi connectivity index (χ0) is 34.5. The molecule has 0 spiro atoms. The number of nitrogens with zero attached hydrogens (tertiary/aromatic N) is 1. The van der Waals surface area contributed by atoms with E-state index in [2.05, 4.69) is 10.6 Å². The summed E-state index contributed by atoms with van der Waals surface area (Å²) in [6, 6.07) is 25.6. The van der Waals surface area contributed by atoms with Gasteiger partial charge >= 0.3 is 18.0 Å². The van der Waals surface area contributed by atoms with E-state index in [-0.39, 0.29) is 12.2 Å². The summed E-state index contributed by atoms with van der Waals surface area (Å²) in [4.78, 5) is 36.6. The number of anilines is 2. The lowest BCUT2D eigenvalue weighted by atomic mass is 10.1. The second-order valence-electron chi connectivity index (χ2n) is 10.7. The fourth-order valence-corrected chi connectivity index (χ4v) is 5.02. The number of ether oxygens (including phenoxy) is 2. The number of halogens is 2. The SMILES string of the molecule is O=C(O)C(Cc1ccc(O)cc1)Nc1ccccc1Cl.O=C(O)C(Cc1ccc(OC(=O)N2CCOCC2)cc1)Nc1ccccc1Cl. The Hall–Kier alpha value is -4.97. The number of phenols is 1. The molecule has 0 radical (unpaired) electrons. The van der Waals surface area contributed by atoms with Crippen LogP contribution in [0.1, 0.15) is 11.1 Å². The second-order valence-corrected chi connectivity index (χ2v) is 11.5. The van der Waals surface area contributed by atoms with Crippen molar-refractivity contribution in [2.24, 2.45) is 0 Å². The summed E-state index contributed by atoms with van der Waals surface area (Å²) in [5.41, 5.74) is 2.75. The van der Waals surface area contributed by atoms with Gasteiger partial charge in [-0.25, -0.2) is 14.4 Å². The number of hydrogen-bond donors (Lipinski definition) is 5. The minimum Gasteiger partial charge on any atom is -0.508 e. The predicted molar refractivity (Wildman–Crippen MR) is 183 cm³/mol. The van der Waals surface area contributed by atoms with Crippen molar-refractivity contribution in [1.82, 2.24) is 4.90 Å². The summed E-state index contributed by atoms with van der Waals surface area (Å²) < 4.78 is 10.6. The first kappa shape index (κ1) is 35.9. The van der Waals surface area contributed by atoms with Gasteiger partial charge in [-0.1, -0.05) is 71.7 Å². The number of nitrogens with one attached hydrogen (secondary N) is 2. The molecule has 1 aliphatic rings. The van der Waals surface area contributed by atoms with E-state index >= 15 is 0 Å². The zero-order valence-corrected chi connectivity index (χ0v) is 27.2. The molecule has 1 fully saturated rings. The Morgan fingerprint density at radius 1 is 0.708 bits per heavy atom. The van der Waals surface area contributed by atoms with Crippen molar-refractivity contribution in [3.8, 4) is 11.5 Å². The number of carbonyl (C=O) groups is 3. The maximum absolute atomic E-state index is 12.1. The standard InChI is InChI=1S/C20H21ClN2O5.C15H14ClNO3/c21-16-3-1-2-4-17(16)22-18(19(24)25)13-14-5-7-15(8-6-14)28-20(26)23-9-11-27-12-10-23;16-12-3-1-2-4-13(12)17-14(15(19)20)9-10-5-7-11(18)8-6-10/h1-8,18,22H,9-13H2,(H,24,25);1-8,14,17-18H,9H2,(H,19,20). The molecule has 0 bridgehead atoms. The van der Waals surface area contributed by atoms with Crippen molar-refractivity contribution < 1.29 is 39.2 Å². The van der Waals surface area contributed by atoms with Crippen LogP contribution in [-0.4, -0.2) is 76.6 Å². The molecule has 11 nitrogen and oxygen atoms in total. The molecule has 48 heavy (non-hydrogen) atoms. The van der Waals surface area contributed by atoms with Crippen molar-refractivity contribution in [2.75, 3.05) is 36.9 Å². The molecule has 0 saturated carbocycles. The van der Waals surface area contributed by atoms with Gasteiger partial charge < -0.3 is 40.3 Å². The molecule has 1 saturated heterocycles. The third-order valence-electron chi connectivity index (χ3n) is 7.22. The molecule has 4 aromatic rings. The molecular formula is C35H35Cl2N3O8. The van der Waals surface area contributed by atoms with Crippen LogP contribution in [0.3, 0.4) is 0 Å². The molecule has 2 atom stereocenters. The molecule has 4 aromatic carbocycles. The minimum atomic E-state index is -0.984. The number of phenolic OH excluding ortho intramolecular Hbond substituents is 1. The highest BCUT2D eigenvalue weighted by Crippen LogP contribution is 2.24. The van der Waals surface area contributed by atoms with Crippen LogP contribution in [0, 0.1) is 0 Å². The highest BCUT2D eigenvalue weighted by molar-refractivity contribution is 6.33. The third kappa shape index (κ3) is 11.1. The first-order chi connectivity index (χ1) is 23.1. The van der Waals surface area contributed by atoms with Crippen LogP contribution in [0.15, 0.2) is 97.1 Å². The Kier molecular flexibility index (Phi) is 13.3.